The van der Waals surface area contributed by atoms with Gasteiger partial charge in [-0.2, -0.15) is 0 Å². The number of aryl methyl sites for hydroxylation is 1. The smallest absolute Gasteiger partial charge is 0.291 e. The van der Waals surface area contributed by atoms with Gasteiger partial charge in [-0.1, -0.05) is 24.3 Å². The Morgan fingerprint density at radius 1 is 0.967 bits per heavy atom. The first-order chi connectivity index (χ1) is 14.4. The Balaban J connectivity index is 1.56. The predicted octanol–water partition coefficient (Wildman–Crippen LogP) is 3.43. The third-order valence-electron chi connectivity index (χ3n) is 4.47. The molecule has 30 heavy (non-hydrogen) atoms. The molecular formula is C22H22N2O5S. The van der Waals surface area contributed by atoms with Crippen molar-refractivity contribution in [3.63, 3.8) is 0 Å². The van der Waals surface area contributed by atoms with Gasteiger partial charge in [0.2, 0.25) is 0 Å². The van der Waals surface area contributed by atoms with Crippen molar-refractivity contribution in [2.45, 2.75) is 18.2 Å². The number of rotatable bonds is 8. The van der Waals surface area contributed by atoms with E-state index in [9.17, 15) is 18.0 Å². The fraction of sp³-hybridized carbons (Fsp3) is 0.182. The summed E-state index contributed by atoms with van der Waals surface area (Å²) in [5.41, 5.74) is 1.65. The molecule has 0 unspecified atom stereocenters. The summed E-state index contributed by atoms with van der Waals surface area (Å²) < 4.78 is 29.6. The lowest BCUT2D eigenvalue weighted by atomic mass is 10.1. The first-order valence-corrected chi connectivity index (χ1v) is 11.0. The fourth-order valence-corrected chi connectivity index (χ4v) is 4.13. The minimum Gasteiger partial charge on any atom is -0.459 e. The average molecular weight is 426 g/mol. The summed E-state index contributed by atoms with van der Waals surface area (Å²) in [6.45, 7) is 2.03. The highest BCUT2D eigenvalue weighted by atomic mass is 32.2. The van der Waals surface area contributed by atoms with Crippen molar-refractivity contribution in [3.8, 4) is 0 Å². The van der Waals surface area contributed by atoms with E-state index in [4.69, 9.17) is 4.42 Å². The maximum Gasteiger partial charge on any atom is 0.291 e. The Hall–Kier alpha value is -3.39. The van der Waals surface area contributed by atoms with Gasteiger partial charge in [0.1, 0.15) is 0 Å². The zero-order chi connectivity index (χ0) is 21.6. The monoisotopic (exact) mass is 426 g/mol. The van der Waals surface area contributed by atoms with Gasteiger partial charge in [-0.3, -0.25) is 9.59 Å². The van der Waals surface area contributed by atoms with Crippen LogP contribution in [-0.2, 0) is 9.84 Å². The molecule has 0 aliphatic rings. The molecule has 2 N–H and O–H groups in total. The van der Waals surface area contributed by atoms with E-state index >= 15 is 0 Å². The molecule has 3 rings (SSSR count). The van der Waals surface area contributed by atoms with Crippen LogP contribution in [0.3, 0.4) is 0 Å². The Labute approximate surface area is 175 Å². The molecule has 3 aromatic rings. The first-order valence-electron chi connectivity index (χ1n) is 9.38. The zero-order valence-electron chi connectivity index (χ0n) is 16.4. The molecule has 0 saturated carbocycles. The normalized spacial score (nSPS) is 11.1. The lowest BCUT2D eigenvalue weighted by Gasteiger charge is -2.10. The van der Waals surface area contributed by atoms with Crippen LogP contribution in [0.25, 0.3) is 0 Å². The molecule has 0 radical (unpaired) electrons. The topological polar surface area (TPSA) is 105 Å². The molecule has 0 saturated heterocycles. The summed E-state index contributed by atoms with van der Waals surface area (Å²) >= 11 is 0. The van der Waals surface area contributed by atoms with Crippen LogP contribution in [0, 0.1) is 6.92 Å². The number of carbonyl (C=O) groups is 2. The van der Waals surface area contributed by atoms with Crippen LogP contribution < -0.4 is 10.6 Å². The summed E-state index contributed by atoms with van der Waals surface area (Å²) in [6, 6.07) is 16.3. The zero-order valence-corrected chi connectivity index (χ0v) is 17.2. The van der Waals surface area contributed by atoms with E-state index in [1.54, 1.807) is 60.7 Å². The summed E-state index contributed by atoms with van der Waals surface area (Å²) in [5, 5.41) is 5.44. The fourth-order valence-electron chi connectivity index (χ4n) is 2.80. The van der Waals surface area contributed by atoms with E-state index in [-0.39, 0.29) is 35.3 Å². The van der Waals surface area contributed by atoms with Crippen molar-refractivity contribution < 1.29 is 22.4 Å². The van der Waals surface area contributed by atoms with E-state index in [0.29, 0.717) is 11.3 Å². The highest BCUT2D eigenvalue weighted by Crippen LogP contribution is 2.18. The van der Waals surface area contributed by atoms with Crippen molar-refractivity contribution in [2.24, 2.45) is 0 Å². The molecule has 8 heteroatoms. The van der Waals surface area contributed by atoms with Gasteiger partial charge in [-0.15, -0.1) is 0 Å². The minimum absolute atomic E-state index is 0.0599. The van der Waals surface area contributed by atoms with Gasteiger partial charge in [0.05, 0.1) is 16.9 Å². The van der Waals surface area contributed by atoms with Crippen LogP contribution in [0.5, 0.6) is 0 Å². The summed E-state index contributed by atoms with van der Waals surface area (Å²) in [4.78, 5) is 24.9. The Bertz CT molecular complexity index is 1120. The third-order valence-corrected chi connectivity index (χ3v) is 6.29. The van der Waals surface area contributed by atoms with Crippen molar-refractivity contribution >= 4 is 27.3 Å². The van der Waals surface area contributed by atoms with Gasteiger partial charge in [-0.25, -0.2) is 8.42 Å². The number of anilines is 1. The van der Waals surface area contributed by atoms with Crippen molar-refractivity contribution in [1.29, 1.82) is 0 Å². The number of hydrogen-bond donors (Lipinski definition) is 2. The van der Waals surface area contributed by atoms with E-state index < -0.39 is 15.7 Å². The number of carbonyl (C=O) groups excluding carboxylic acids is 2. The van der Waals surface area contributed by atoms with Crippen LogP contribution in [-0.4, -0.2) is 32.5 Å². The maximum absolute atomic E-state index is 12.4. The van der Waals surface area contributed by atoms with E-state index in [2.05, 4.69) is 10.6 Å². The number of sulfone groups is 1. The molecule has 156 valence electrons. The average Bonchev–Trinajstić information content (AvgIpc) is 3.28. The molecule has 0 aliphatic carbocycles. The minimum atomic E-state index is -3.38. The third kappa shape index (κ3) is 5.36. The highest BCUT2D eigenvalue weighted by molar-refractivity contribution is 7.91. The Morgan fingerprint density at radius 3 is 2.43 bits per heavy atom. The van der Waals surface area contributed by atoms with Crippen LogP contribution in [0.2, 0.25) is 0 Å². The Kier molecular flexibility index (Phi) is 6.68. The molecule has 0 spiro atoms. The highest BCUT2D eigenvalue weighted by Gasteiger charge is 2.15. The lowest BCUT2D eigenvalue weighted by Crippen LogP contribution is -2.26. The van der Waals surface area contributed by atoms with Gasteiger partial charge < -0.3 is 15.1 Å². The van der Waals surface area contributed by atoms with Gasteiger partial charge in [0.25, 0.3) is 11.8 Å². The second kappa shape index (κ2) is 9.41. The Morgan fingerprint density at radius 2 is 1.73 bits per heavy atom. The van der Waals surface area contributed by atoms with E-state index in [1.807, 2.05) is 6.92 Å². The number of furan rings is 1. The van der Waals surface area contributed by atoms with Gasteiger partial charge in [0.15, 0.2) is 15.6 Å². The SMILES string of the molecule is Cc1ccc(C(=O)NCCCS(=O)(=O)c2ccccc2)cc1NC(=O)c1ccco1. The van der Waals surface area contributed by atoms with E-state index in [0.717, 1.165) is 5.56 Å². The number of hydrogen-bond acceptors (Lipinski definition) is 5. The summed E-state index contributed by atoms with van der Waals surface area (Å²) in [5.74, 6) is -0.647. The molecular weight excluding hydrogens is 404 g/mol. The molecule has 0 atom stereocenters. The van der Waals surface area contributed by atoms with Gasteiger partial charge in [-0.05, 0) is 55.3 Å². The number of benzene rings is 2. The molecule has 1 heterocycles. The predicted molar refractivity (Wildman–Crippen MR) is 113 cm³/mol. The largest absolute Gasteiger partial charge is 0.459 e. The maximum atomic E-state index is 12.4. The molecule has 7 nitrogen and oxygen atoms in total. The molecule has 1 aromatic heterocycles. The second-order valence-corrected chi connectivity index (χ2v) is 8.81. The van der Waals surface area contributed by atoms with Crippen LogP contribution in [0.15, 0.2) is 76.2 Å². The summed E-state index contributed by atoms with van der Waals surface area (Å²) in [6.07, 6.45) is 1.69. The van der Waals surface area contributed by atoms with Crippen molar-refractivity contribution in [1.82, 2.24) is 5.32 Å². The second-order valence-electron chi connectivity index (χ2n) is 6.70. The van der Waals surface area contributed by atoms with Crippen LogP contribution >= 0.6 is 0 Å². The van der Waals surface area contributed by atoms with Crippen molar-refractivity contribution in [3.05, 3.63) is 83.8 Å². The number of nitrogens with one attached hydrogen (secondary N) is 2. The lowest BCUT2D eigenvalue weighted by molar-refractivity contribution is 0.0951. The molecule has 0 bridgehead atoms. The van der Waals surface area contributed by atoms with Gasteiger partial charge >= 0.3 is 0 Å². The van der Waals surface area contributed by atoms with Gasteiger partial charge in [0, 0.05) is 17.8 Å². The first kappa shape index (κ1) is 21.3. The van der Waals surface area contributed by atoms with Crippen molar-refractivity contribution in [2.75, 3.05) is 17.6 Å². The standard InChI is InChI=1S/C22H22N2O5S/c1-16-10-11-17(15-19(16)24-22(26)20-9-5-13-29-20)21(25)23-12-6-14-30(27,28)18-7-3-2-4-8-18/h2-5,7-11,13,15H,6,12,14H2,1H3,(H,23,25)(H,24,26). The molecule has 0 aliphatic heterocycles. The van der Waals surface area contributed by atoms with Crippen LogP contribution in [0.1, 0.15) is 32.9 Å². The van der Waals surface area contributed by atoms with E-state index in [1.165, 1.54) is 6.26 Å². The number of amides is 2. The molecule has 0 fully saturated rings. The molecule has 2 aromatic carbocycles. The summed E-state index contributed by atoms with van der Waals surface area (Å²) in [7, 11) is -3.38. The quantitative estimate of drug-likeness (QED) is 0.537. The van der Waals surface area contributed by atoms with Crippen LogP contribution in [0.4, 0.5) is 5.69 Å². The molecule has 2 amide bonds.